The molecule has 1 atom stereocenters. The molecule has 2 amide bonds. The van der Waals surface area contributed by atoms with Gasteiger partial charge in [-0.2, -0.15) is 0 Å². The molecule has 5 nitrogen and oxygen atoms in total. The second-order valence-electron chi connectivity index (χ2n) is 7.81. The molecule has 3 N–H and O–H groups in total. The van der Waals surface area contributed by atoms with E-state index in [9.17, 15) is 9.59 Å². The first-order valence-electron chi connectivity index (χ1n) is 9.21. The van der Waals surface area contributed by atoms with Crippen LogP contribution in [0.25, 0.3) is 0 Å². The van der Waals surface area contributed by atoms with Crippen LogP contribution in [-0.2, 0) is 10.2 Å². The molecule has 2 rings (SSSR count). The summed E-state index contributed by atoms with van der Waals surface area (Å²) in [5, 5.41) is 2.84. The lowest BCUT2D eigenvalue weighted by Gasteiger charge is -2.35. The summed E-state index contributed by atoms with van der Waals surface area (Å²) in [4.78, 5) is 26.5. The summed E-state index contributed by atoms with van der Waals surface area (Å²) in [6.07, 6.45) is 3.47. The minimum absolute atomic E-state index is 0. The number of likely N-dealkylation sites (tertiary alicyclic amines) is 1. The Bertz CT molecular complexity index is 596. The van der Waals surface area contributed by atoms with Gasteiger partial charge in [0, 0.05) is 37.7 Å². The van der Waals surface area contributed by atoms with Gasteiger partial charge in [-0.25, -0.2) is 0 Å². The number of carbonyl (C=O) groups is 2. The first-order chi connectivity index (χ1) is 11.8. The fourth-order valence-corrected chi connectivity index (χ4v) is 3.22. The van der Waals surface area contributed by atoms with Crippen molar-refractivity contribution in [3.8, 4) is 0 Å². The number of halogens is 1. The van der Waals surface area contributed by atoms with Gasteiger partial charge in [0.2, 0.25) is 5.91 Å². The van der Waals surface area contributed by atoms with Crippen molar-refractivity contribution in [2.45, 2.75) is 57.9 Å². The van der Waals surface area contributed by atoms with Crippen molar-refractivity contribution in [1.29, 1.82) is 0 Å². The molecule has 1 aromatic rings. The quantitative estimate of drug-likeness (QED) is 0.823. The number of piperidine rings is 1. The van der Waals surface area contributed by atoms with E-state index in [1.54, 1.807) is 0 Å². The zero-order chi connectivity index (χ0) is 18.4. The number of rotatable bonds is 5. The van der Waals surface area contributed by atoms with Gasteiger partial charge in [-0.1, -0.05) is 32.9 Å². The molecule has 1 unspecified atom stereocenters. The summed E-state index contributed by atoms with van der Waals surface area (Å²) in [5.41, 5.74) is 7.64. The molecule has 1 aliphatic heterocycles. The Kier molecular flexibility index (Phi) is 8.57. The van der Waals surface area contributed by atoms with E-state index in [4.69, 9.17) is 5.73 Å². The number of nitrogens with two attached hydrogens (primary N) is 1. The highest BCUT2D eigenvalue weighted by molar-refractivity contribution is 5.94. The Hall–Kier alpha value is -1.59. The van der Waals surface area contributed by atoms with Crippen LogP contribution in [0, 0.1) is 0 Å². The third-order valence-electron chi connectivity index (χ3n) is 4.86. The topological polar surface area (TPSA) is 75.4 Å². The largest absolute Gasteiger partial charge is 0.352 e. The predicted molar refractivity (Wildman–Crippen MR) is 108 cm³/mol. The van der Waals surface area contributed by atoms with Crippen LogP contribution in [0.2, 0.25) is 0 Å². The van der Waals surface area contributed by atoms with E-state index < -0.39 is 0 Å². The molecule has 6 heteroatoms. The molecule has 0 saturated carbocycles. The average molecular weight is 382 g/mol. The maximum absolute atomic E-state index is 12.4. The zero-order valence-corrected chi connectivity index (χ0v) is 16.9. The van der Waals surface area contributed by atoms with Crippen LogP contribution in [0.5, 0.6) is 0 Å². The molecule has 0 aliphatic carbocycles. The van der Waals surface area contributed by atoms with E-state index in [0.29, 0.717) is 25.1 Å². The molecule has 0 aromatic heterocycles. The van der Waals surface area contributed by atoms with Crippen LogP contribution in [0.4, 0.5) is 0 Å². The monoisotopic (exact) mass is 381 g/mol. The standard InChI is InChI=1S/C20H31N3O2.ClH/c1-20(2,3)16-9-7-15(8-10-16)19(25)22-12-11-18(24)23-13-5-4-6-17(23)14-21;/h7-10,17H,4-6,11-14,21H2,1-3H3,(H,22,25);1H. The molecule has 0 radical (unpaired) electrons. The summed E-state index contributed by atoms with van der Waals surface area (Å²) in [5.74, 6) is -0.0548. The van der Waals surface area contributed by atoms with Crippen molar-refractivity contribution in [3.05, 3.63) is 35.4 Å². The van der Waals surface area contributed by atoms with E-state index in [-0.39, 0.29) is 35.7 Å². The number of carbonyl (C=O) groups excluding carboxylic acids is 2. The van der Waals surface area contributed by atoms with Crippen LogP contribution in [0.1, 0.15) is 62.4 Å². The Morgan fingerprint density at radius 2 is 1.85 bits per heavy atom. The smallest absolute Gasteiger partial charge is 0.251 e. The Morgan fingerprint density at radius 3 is 2.42 bits per heavy atom. The predicted octanol–water partition coefficient (Wildman–Crippen LogP) is 2.87. The fraction of sp³-hybridized carbons (Fsp3) is 0.600. The van der Waals surface area contributed by atoms with Crippen LogP contribution in [0.3, 0.4) is 0 Å². The first-order valence-corrected chi connectivity index (χ1v) is 9.21. The van der Waals surface area contributed by atoms with Crippen molar-refractivity contribution in [2.24, 2.45) is 5.73 Å². The van der Waals surface area contributed by atoms with Crippen LogP contribution < -0.4 is 11.1 Å². The number of nitrogens with zero attached hydrogens (tertiary/aromatic N) is 1. The van der Waals surface area contributed by atoms with E-state index in [0.717, 1.165) is 25.8 Å². The van der Waals surface area contributed by atoms with E-state index in [1.807, 2.05) is 29.2 Å². The second kappa shape index (κ2) is 9.93. The maximum Gasteiger partial charge on any atom is 0.251 e. The Balaban J connectivity index is 0.00000338. The highest BCUT2D eigenvalue weighted by Crippen LogP contribution is 2.22. The van der Waals surface area contributed by atoms with Crippen LogP contribution >= 0.6 is 12.4 Å². The summed E-state index contributed by atoms with van der Waals surface area (Å²) >= 11 is 0. The van der Waals surface area contributed by atoms with E-state index in [2.05, 4.69) is 26.1 Å². The van der Waals surface area contributed by atoms with Crippen LogP contribution in [-0.4, -0.2) is 42.4 Å². The molecule has 1 aliphatic rings. The molecule has 146 valence electrons. The molecular weight excluding hydrogens is 350 g/mol. The highest BCUT2D eigenvalue weighted by Gasteiger charge is 2.25. The third-order valence-corrected chi connectivity index (χ3v) is 4.86. The molecule has 1 saturated heterocycles. The molecule has 0 spiro atoms. The van der Waals surface area contributed by atoms with Crippen molar-refractivity contribution in [2.75, 3.05) is 19.6 Å². The molecule has 1 aromatic carbocycles. The second-order valence-corrected chi connectivity index (χ2v) is 7.81. The summed E-state index contributed by atoms with van der Waals surface area (Å²) in [6.45, 7) is 8.07. The van der Waals surface area contributed by atoms with Gasteiger partial charge >= 0.3 is 0 Å². The van der Waals surface area contributed by atoms with Gasteiger partial charge in [0.1, 0.15) is 0 Å². The fourth-order valence-electron chi connectivity index (χ4n) is 3.22. The van der Waals surface area contributed by atoms with E-state index in [1.165, 1.54) is 5.56 Å². The van der Waals surface area contributed by atoms with Crippen molar-refractivity contribution >= 4 is 24.2 Å². The molecule has 1 fully saturated rings. The van der Waals surface area contributed by atoms with E-state index >= 15 is 0 Å². The SMILES string of the molecule is CC(C)(C)c1ccc(C(=O)NCCC(=O)N2CCCCC2CN)cc1.Cl. The lowest BCUT2D eigenvalue weighted by atomic mass is 9.87. The lowest BCUT2D eigenvalue weighted by molar-refractivity contribution is -0.134. The third kappa shape index (κ3) is 5.99. The summed E-state index contributed by atoms with van der Waals surface area (Å²) in [7, 11) is 0. The number of amides is 2. The number of hydrogen-bond acceptors (Lipinski definition) is 3. The molecule has 0 bridgehead atoms. The van der Waals surface area contributed by atoms with Crippen LogP contribution in [0.15, 0.2) is 24.3 Å². The van der Waals surface area contributed by atoms with Crippen molar-refractivity contribution in [1.82, 2.24) is 10.2 Å². The Morgan fingerprint density at radius 1 is 1.19 bits per heavy atom. The van der Waals surface area contributed by atoms with Crippen molar-refractivity contribution in [3.63, 3.8) is 0 Å². The minimum Gasteiger partial charge on any atom is -0.352 e. The number of benzene rings is 1. The average Bonchev–Trinajstić information content (AvgIpc) is 2.60. The summed E-state index contributed by atoms with van der Waals surface area (Å²) < 4.78 is 0. The number of hydrogen-bond donors (Lipinski definition) is 2. The van der Waals surface area contributed by atoms with Gasteiger partial charge in [0.15, 0.2) is 0 Å². The normalized spacial score (nSPS) is 17.4. The maximum atomic E-state index is 12.4. The Labute approximate surface area is 163 Å². The van der Waals surface area contributed by atoms with Gasteiger partial charge in [0.05, 0.1) is 0 Å². The van der Waals surface area contributed by atoms with Gasteiger partial charge in [0.25, 0.3) is 5.91 Å². The minimum atomic E-state index is -0.137. The summed E-state index contributed by atoms with van der Waals surface area (Å²) in [6, 6.07) is 7.81. The molecular formula is C20H32ClN3O2. The number of nitrogens with one attached hydrogen (secondary N) is 1. The highest BCUT2D eigenvalue weighted by atomic mass is 35.5. The van der Waals surface area contributed by atoms with Gasteiger partial charge in [-0.3, -0.25) is 9.59 Å². The molecule has 26 heavy (non-hydrogen) atoms. The van der Waals surface area contributed by atoms with Gasteiger partial charge in [-0.15, -0.1) is 12.4 Å². The van der Waals surface area contributed by atoms with Crippen molar-refractivity contribution < 1.29 is 9.59 Å². The van der Waals surface area contributed by atoms with Gasteiger partial charge < -0.3 is 16.0 Å². The lowest BCUT2D eigenvalue weighted by Crippen LogP contribution is -2.48. The van der Waals surface area contributed by atoms with Gasteiger partial charge in [-0.05, 0) is 42.4 Å². The first kappa shape index (κ1) is 22.5. The molecule has 1 heterocycles. The zero-order valence-electron chi connectivity index (χ0n) is 16.1.